The lowest BCUT2D eigenvalue weighted by Gasteiger charge is -2.26. The summed E-state index contributed by atoms with van der Waals surface area (Å²) < 4.78 is 30.2. The fraction of sp³-hybridized carbons (Fsp3) is 0.292. The molecular formula is C24H25N5O3S2. The van der Waals surface area contributed by atoms with Gasteiger partial charge >= 0.3 is 0 Å². The van der Waals surface area contributed by atoms with E-state index in [-0.39, 0.29) is 10.8 Å². The summed E-state index contributed by atoms with van der Waals surface area (Å²) in [4.78, 5) is 20.1. The Morgan fingerprint density at radius 3 is 2.47 bits per heavy atom. The molecule has 1 amide bonds. The lowest BCUT2D eigenvalue weighted by atomic mass is 10.2. The van der Waals surface area contributed by atoms with E-state index in [2.05, 4.69) is 10.1 Å². The molecule has 1 fully saturated rings. The second-order valence-corrected chi connectivity index (χ2v) is 11.1. The minimum absolute atomic E-state index is 0.217. The zero-order valence-corrected chi connectivity index (χ0v) is 20.2. The van der Waals surface area contributed by atoms with Crippen molar-refractivity contribution in [2.45, 2.75) is 30.7 Å². The maximum absolute atomic E-state index is 13.5. The highest BCUT2D eigenvalue weighted by Gasteiger charge is 2.27. The molecule has 0 N–H and O–H groups in total. The Hall–Kier alpha value is -3.08. The second-order valence-electron chi connectivity index (χ2n) is 8.18. The fourth-order valence-electron chi connectivity index (χ4n) is 4.07. The first-order valence-electron chi connectivity index (χ1n) is 11.3. The zero-order valence-electron chi connectivity index (χ0n) is 18.6. The van der Waals surface area contributed by atoms with Crippen LogP contribution in [0.25, 0.3) is 10.2 Å². The highest BCUT2D eigenvalue weighted by molar-refractivity contribution is 7.89. The van der Waals surface area contributed by atoms with Crippen LogP contribution in [0.5, 0.6) is 0 Å². The fourth-order valence-corrected chi connectivity index (χ4v) is 6.58. The number of sulfonamides is 1. The van der Waals surface area contributed by atoms with Gasteiger partial charge in [-0.2, -0.15) is 9.40 Å². The van der Waals surface area contributed by atoms with Crippen LogP contribution < -0.4 is 4.90 Å². The molecule has 34 heavy (non-hydrogen) atoms. The van der Waals surface area contributed by atoms with E-state index in [9.17, 15) is 13.2 Å². The molecule has 0 bridgehead atoms. The van der Waals surface area contributed by atoms with Gasteiger partial charge in [0.25, 0.3) is 5.91 Å². The van der Waals surface area contributed by atoms with Gasteiger partial charge in [0.1, 0.15) is 0 Å². The van der Waals surface area contributed by atoms with Crippen molar-refractivity contribution in [1.82, 2.24) is 19.1 Å². The summed E-state index contributed by atoms with van der Waals surface area (Å²) in [5.74, 6) is -0.229. The van der Waals surface area contributed by atoms with E-state index in [4.69, 9.17) is 0 Å². The smallest absolute Gasteiger partial charge is 0.260 e. The molecule has 176 valence electrons. The first-order valence-corrected chi connectivity index (χ1v) is 13.5. The highest BCUT2D eigenvalue weighted by Crippen LogP contribution is 2.30. The van der Waals surface area contributed by atoms with Crippen LogP contribution in [0.2, 0.25) is 0 Å². The Bertz CT molecular complexity index is 1340. The maximum atomic E-state index is 13.5. The summed E-state index contributed by atoms with van der Waals surface area (Å²) in [6, 6.07) is 15.8. The number of fused-ring (bicyclic) bond motifs is 1. The standard InChI is InChI=1S/C24H25N5O3S2/c30-23(19-9-11-20(12-10-19)34(31,32)28-15-4-1-5-16-28)29(18-17-27-14-6-13-25-27)24-26-21-7-2-3-8-22(21)33-24/h2-3,6-14H,1,4-5,15-18H2. The molecule has 1 saturated heterocycles. The monoisotopic (exact) mass is 495 g/mol. The number of aromatic nitrogens is 3. The number of anilines is 1. The summed E-state index contributed by atoms with van der Waals surface area (Å²) >= 11 is 1.45. The number of para-hydroxylation sites is 1. The number of rotatable bonds is 7. The zero-order chi connectivity index (χ0) is 23.5. The predicted octanol–water partition coefficient (Wildman–Crippen LogP) is 4.01. The van der Waals surface area contributed by atoms with Crippen LogP contribution in [0.1, 0.15) is 29.6 Å². The first kappa shape index (κ1) is 22.7. The number of benzene rings is 2. The first-order chi connectivity index (χ1) is 16.5. The van der Waals surface area contributed by atoms with Crippen molar-refractivity contribution < 1.29 is 13.2 Å². The molecule has 5 rings (SSSR count). The molecular weight excluding hydrogens is 470 g/mol. The van der Waals surface area contributed by atoms with Crippen molar-refractivity contribution >= 4 is 42.6 Å². The van der Waals surface area contributed by atoms with E-state index < -0.39 is 10.0 Å². The molecule has 0 spiro atoms. The summed E-state index contributed by atoms with van der Waals surface area (Å²) in [7, 11) is -3.55. The molecule has 8 nitrogen and oxygen atoms in total. The van der Waals surface area contributed by atoms with E-state index in [1.807, 2.05) is 36.5 Å². The second kappa shape index (κ2) is 9.65. The van der Waals surface area contributed by atoms with Gasteiger partial charge in [0.15, 0.2) is 5.13 Å². The number of hydrogen-bond acceptors (Lipinski definition) is 6. The lowest BCUT2D eigenvalue weighted by Crippen LogP contribution is -2.36. The number of carbonyl (C=O) groups is 1. The summed E-state index contributed by atoms with van der Waals surface area (Å²) in [6.07, 6.45) is 6.36. The van der Waals surface area contributed by atoms with Crippen LogP contribution in [0.4, 0.5) is 5.13 Å². The highest BCUT2D eigenvalue weighted by atomic mass is 32.2. The Kier molecular flexibility index (Phi) is 6.44. The van der Waals surface area contributed by atoms with E-state index in [1.54, 1.807) is 27.9 Å². The van der Waals surface area contributed by atoms with Crippen LogP contribution >= 0.6 is 11.3 Å². The molecule has 0 radical (unpaired) electrons. The van der Waals surface area contributed by atoms with E-state index in [1.165, 1.54) is 27.8 Å². The van der Waals surface area contributed by atoms with Crippen molar-refractivity contribution in [2.24, 2.45) is 0 Å². The van der Waals surface area contributed by atoms with Crippen LogP contribution in [0.15, 0.2) is 71.9 Å². The van der Waals surface area contributed by atoms with Crippen LogP contribution in [-0.2, 0) is 16.6 Å². The largest absolute Gasteiger partial charge is 0.282 e. The molecule has 3 heterocycles. The van der Waals surface area contributed by atoms with Crippen molar-refractivity contribution in [2.75, 3.05) is 24.5 Å². The van der Waals surface area contributed by atoms with Crippen LogP contribution in [0.3, 0.4) is 0 Å². The van der Waals surface area contributed by atoms with Crippen LogP contribution in [0, 0.1) is 0 Å². The number of hydrogen-bond donors (Lipinski definition) is 0. The topological polar surface area (TPSA) is 88.4 Å². The maximum Gasteiger partial charge on any atom is 0.260 e. The number of piperidine rings is 1. The van der Waals surface area contributed by atoms with Gasteiger partial charge in [0.2, 0.25) is 10.0 Å². The molecule has 4 aromatic rings. The quantitative estimate of drug-likeness (QED) is 0.387. The SMILES string of the molecule is O=C(c1ccc(S(=O)(=O)N2CCCCC2)cc1)N(CCn1cccn1)c1nc2ccccc2s1. The third kappa shape index (κ3) is 4.61. The molecule has 1 aliphatic rings. The number of nitrogens with zero attached hydrogens (tertiary/aromatic N) is 5. The van der Waals surface area contributed by atoms with Gasteiger partial charge in [0.05, 0.1) is 21.7 Å². The van der Waals surface area contributed by atoms with E-state index in [0.717, 1.165) is 29.5 Å². The molecule has 0 aliphatic carbocycles. The number of carbonyl (C=O) groups excluding carboxylic acids is 1. The Balaban J connectivity index is 1.42. The Labute approximate surface area is 202 Å². The predicted molar refractivity (Wildman–Crippen MR) is 133 cm³/mol. The average molecular weight is 496 g/mol. The summed E-state index contributed by atoms with van der Waals surface area (Å²) in [5, 5.41) is 4.83. The number of amides is 1. The minimum atomic E-state index is -3.55. The van der Waals surface area contributed by atoms with Crippen molar-refractivity contribution in [3.63, 3.8) is 0 Å². The van der Waals surface area contributed by atoms with E-state index >= 15 is 0 Å². The Morgan fingerprint density at radius 1 is 1.00 bits per heavy atom. The molecule has 0 saturated carbocycles. The minimum Gasteiger partial charge on any atom is -0.282 e. The molecule has 1 aliphatic heterocycles. The molecule has 2 aromatic carbocycles. The van der Waals surface area contributed by atoms with Gasteiger partial charge in [-0.25, -0.2) is 13.4 Å². The van der Waals surface area contributed by atoms with Gasteiger partial charge in [-0.3, -0.25) is 14.4 Å². The normalized spacial score (nSPS) is 14.9. The summed E-state index contributed by atoms with van der Waals surface area (Å²) in [5.41, 5.74) is 1.25. The average Bonchev–Trinajstić information content (AvgIpc) is 3.55. The van der Waals surface area contributed by atoms with Crippen LogP contribution in [-0.4, -0.2) is 53.0 Å². The molecule has 0 atom stereocenters. The van der Waals surface area contributed by atoms with E-state index in [0.29, 0.717) is 36.9 Å². The van der Waals surface area contributed by atoms with Gasteiger partial charge in [-0.05, 0) is 55.3 Å². The third-order valence-electron chi connectivity index (χ3n) is 5.92. The Morgan fingerprint density at radius 2 is 1.76 bits per heavy atom. The molecule has 0 unspecified atom stereocenters. The van der Waals surface area contributed by atoms with Crippen molar-refractivity contribution in [1.29, 1.82) is 0 Å². The third-order valence-corrected chi connectivity index (χ3v) is 8.90. The molecule has 10 heteroatoms. The summed E-state index contributed by atoms with van der Waals surface area (Å²) in [6.45, 7) is 1.98. The van der Waals surface area contributed by atoms with Crippen molar-refractivity contribution in [3.05, 3.63) is 72.6 Å². The van der Waals surface area contributed by atoms with Gasteiger partial charge in [0, 0.05) is 37.6 Å². The lowest BCUT2D eigenvalue weighted by molar-refractivity contribution is 0.0985. The van der Waals surface area contributed by atoms with Gasteiger partial charge in [-0.1, -0.05) is 29.9 Å². The van der Waals surface area contributed by atoms with Crippen molar-refractivity contribution in [3.8, 4) is 0 Å². The molecule has 2 aromatic heterocycles. The number of thiazole rings is 1. The van der Waals surface area contributed by atoms with Gasteiger partial charge < -0.3 is 0 Å². The van der Waals surface area contributed by atoms with Gasteiger partial charge in [-0.15, -0.1) is 0 Å².